The highest BCUT2D eigenvalue weighted by atomic mass is 79.9. The SMILES string of the molecule is C[C@@H]1CCC[C@H](C)[NH+]1C[C@H](O)COc1ccccc1Br. The second-order valence-corrected chi connectivity index (χ2v) is 6.76. The van der Waals surface area contributed by atoms with Crippen molar-refractivity contribution in [2.45, 2.75) is 51.3 Å². The zero-order valence-corrected chi connectivity index (χ0v) is 13.9. The predicted octanol–water partition coefficient (Wildman–Crippen LogP) is 2.03. The van der Waals surface area contributed by atoms with Gasteiger partial charge < -0.3 is 14.7 Å². The first-order valence-electron chi connectivity index (χ1n) is 7.49. The number of likely N-dealkylation sites (tertiary alicyclic amines) is 1. The Balaban J connectivity index is 1.83. The summed E-state index contributed by atoms with van der Waals surface area (Å²) in [6.45, 7) is 5.69. The summed E-state index contributed by atoms with van der Waals surface area (Å²) in [5.41, 5.74) is 0. The lowest BCUT2D eigenvalue weighted by molar-refractivity contribution is -0.954. The number of benzene rings is 1. The van der Waals surface area contributed by atoms with E-state index in [0.29, 0.717) is 18.7 Å². The van der Waals surface area contributed by atoms with Gasteiger partial charge in [0, 0.05) is 0 Å². The summed E-state index contributed by atoms with van der Waals surface area (Å²) in [6.07, 6.45) is 3.42. The number of aliphatic hydroxyl groups excluding tert-OH is 1. The van der Waals surface area contributed by atoms with E-state index in [1.807, 2.05) is 24.3 Å². The van der Waals surface area contributed by atoms with Gasteiger partial charge in [-0.2, -0.15) is 0 Å². The molecular formula is C16H25BrNO2+. The van der Waals surface area contributed by atoms with E-state index in [1.165, 1.54) is 24.2 Å². The third-order valence-corrected chi connectivity index (χ3v) is 4.93. The Labute approximate surface area is 130 Å². The molecule has 1 aromatic carbocycles. The fraction of sp³-hybridized carbons (Fsp3) is 0.625. The van der Waals surface area contributed by atoms with Crippen LogP contribution in [0.1, 0.15) is 33.1 Å². The summed E-state index contributed by atoms with van der Waals surface area (Å²) in [5.74, 6) is 0.793. The molecule has 0 amide bonds. The molecule has 2 rings (SSSR count). The van der Waals surface area contributed by atoms with E-state index in [-0.39, 0.29) is 0 Å². The van der Waals surface area contributed by atoms with Crippen LogP contribution in [0.15, 0.2) is 28.7 Å². The van der Waals surface area contributed by atoms with Crippen LogP contribution in [0.4, 0.5) is 0 Å². The Morgan fingerprint density at radius 3 is 2.60 bits per heavy atom. The highest BCUT2D eigenvalue weighted by molar-refractivity contribution is 9.10. The van der Waals surface area contributed by atoms with Crippen molar-refractivity contribution < 1.29 is 14.7 Å². The lowest BCUT2D eigenvalue weighted by Gasteiger charge is -2.36. The van der Waals surface area contributed by atoms with Crippen molar-refractivity contribution in [3.05, 3.63) is 28.7 Å². The minimum Gasteiger partial charge on any atom is -0.489 e. The molecule has 1 unspecified atom stereocenters. The van der Waals surface area contributed by atoms with Crippen molar-refractivity contribution in [2.24, 2.45) is 0 Å². The molecule has 1 heterocycles. The molecule has 0 aliphatic carbocycles. The molecule has 4 heteroatoms. The van der Waals surface area contributed by atoms with Crippen molar-refractivity contribution in [1.29, 1.82) is 0 Å². The summed E-state index contributed by atoms with van der Waals surface area (Å²) in [7, 11) is 0. The van der Waals surface area contributed by atoms with Crippen LogP contribution in [0.2, 0.25) is 0 Å². The third kappa shape index (κ3) is 4.21. The Hall–Kier alpha value is -0.580. The molecule has 1 saturated heterocycles. The molecule has 0 spiro atoms. The molecule has 3 nitrogen and oxygen atoms in total. The maximum atomic E-state index is 10.2. The molecule has 1 aromatic rings. The molecule has 1 fully saturated rings. The lowest BCUT2D eigenvalue weighted by atomic mass is 9.97. The number of rotatable bonds is 5. The molecular weight excluding hydrogens is 318 g/mol. The summed E-state index contributed by atoms with van der Waals surface area (Å²) in [6, 6.07) is 9.02. The number of quaternary nitrogens is 1. The Kier molecular flexibility index (Phi) is 5.87. The standard InChI is InChI=1S/C16H24BrNO2/c1-12-6-5-7-13(2)18(12)10-14(19)11-20-16-9-4-3-8-15(16)17/h3-4,8-9,12-14,19H,5-7,10-11H2,1-2H3/p+1/t12-,13+,14-/m0/s1. The van der Waals surface area contributed by atoms with Gasteiger partial charge in [-0.3, -0.25) is 0 Å². The summed E-state index contributed by atoms with van der Waals surface area (Å²) >= 11 is 3.45. The van der Waals surface area contributed by atoms with Crippen molar-refractivity contribution >= 4 is 15.9 Å². The molecule has 0 aromatic heterocycles. The smallest absolute Gasteiger partial charge is 0.137 e. The van der Waals surface area contributed by atoms with Gasteiger partial charge in [-0.1, -0.05) is 12.1 Å². The first kappa shape index (κ1) is 15.8. The van der Waals surface area contributed by atoms with E-state index in [4.69, 9.17) is 4.74 Å². The zero-order chi connectivity index (χ0) is 14.5. The highest BCUT2D eigenvalue weighted by Gasteiger charge is 2.30. The second kappa shape index (κ2) is 7.43. The van der Waals surface area contributed by atoms with Gasteiger partial charge >= 0.3 is 0 Å². The Morgan fingerprint density at radius 2 is 1.95 bits per heavy atom. The molecule has 1 aliphatic heterocycles. The summed E-state index contributed by atoms with van der Waals surface area (Å²) < 4.78 is 6.63. The zero-order valence-electron chi connectivity index (χ0n) is 12.3. The fourth-order valence-corrected chi connectivity index (χ4v) is 3.47. The molecule has 0 saturated carbocycles. The quantitative estimate of drug-likeness (QED) is 0.858. The number of ether oxygens (including phenoxy) is 1. The number of para-hydroxylation sites is 1. The largest absolute Gasteiger partial charge is 0.489 e. The number of piperidine rings is 1. The van der Waals surface area contributed by atoms with Crippen LogP contribution in [-0.4, -0.2) is 36.4 Å². The van der Waals surface area contributed by atoms with Crippen LogP contribution in [0.25, 0.3) is 0 Å². The van der Waals surface area contributed by atoms with Gasteiger partial charge in [0.05, 0.1) is 16.6 Å². The second-order valence-electron chi connectivity index (χ2n) is 5.91. The van der Waals surface area contributed by atoms with Crippen molar-refractivity contribution in [2.75, 3.05) is 13.2 Å². The maximum absolute atomic E-state index is 10.2. The van der Waals surface area contributed by atoms with Crippen LogP contribution >= 0.6 is 15.9 Å². The van der Waals surface area contributed by atoms with Crippen LogP contribution in [0.5, 0.6) is 5.75 Å². The minimum atomic E-state index is -0.417. The third-order valence-electron chi connectivity index (χ3n) is 4.28. The van der Waals surface area contributed by atoms with Gasteiger partial charge in [-0.25, -0.2) is 0 Å². The number of hydrogen-bond donors (Lipinski definition) is 2. The van der Waals surface area contributed by atoms with Gasteiger partial charge in [-0.15, -0.1) is 0 Å². The lowest BCUT2D eigenvalue weighted by Crippen LogP contribution is -3.20. The van der Waals surface area contributed by atoms with Gasteiger partial charge in [-0.05, 0) is 61.2 Å². The van der Waals surface area contributed by atoms with E-state index in [1.54, 1.807) is 0 Å². The van der Waals surface area contributed by atoms with Gasteiger partial charge in [0.1, 0.15) is 25.0 Å². The summed E-state index contributed by atoms with van der Waals surface area (Å²) in [5, 5.41) is 10.2. The number of aliphatic hydroxyl groups is 1. The maximum Gasteiger partial charge on any atom is 0.137 e. The van der Waals surface area contributed by atoms with Gasteiger partial charge in [0.25, 0.3) is 0 Å². The number of hydrogen-bond acceptors (Lipinski definition) is 2. The summed E-state index contributed by atoms with van der Waals surface area (Å²) in [4.78, 5) is 1.51. The molecule has 2 N–H and O–H groups in total. The van der Waals surface area contributed by atoms with Crippen molar-refractivity contribution in [1.82, 2.24) is 0 Å². The van der Waals surface area contributed by atoms with E-state index >= 15 is 0 Å². The normalized spacial score (nSPS) is 28.1. The minimum absolute atomic E-state index is 0.353. The van der Waals surface area contributed by atoms with Gasteiger partial charge in [0.15, 0.2) is 0 Å². The highest BCUT2D eigenvalue weighted by Crippen LogP contribution is 2.23. The van der Waals surface area contributed by atoms with Crippen LogP contribution in [0.3, 0.4) is 0 Å². The number of halogens is 1. The molecule has 1 aliphatic rings. The number of nitrogens with one attached hydrogen (secondary N) is 1. The Bertz CT molecular complexity index is 417. The average molecular weight is 343 g/mol. The Morgan fingerprint density at radius 1 is 1.30 bits per heavy atom. The monoisotopic (exact) mass is 342 g/mol. The molecule has 0 radical (unpaired) electrons. The van der Waals surface area contributed by atoms with Gasteiger partial charge in [0.2, 0.25) is 0 Å². The predicted molar refractivity (Wildman–Crippen MR) is 84.2 cm³/mol. The van der Waals surface area contributed by atoms with E-state index < -0.39 is 6.10 Å². The van der Waals surface area contributed by atoms with Crippen LogP contribution in [0, 0.1) is 0 Å². The topological polar surface area (TPSA) is 33.9 Å². The van der Waals surface area contributed by atoms with E-state index in [0.717, 1.165) is 16.8 Å². The molecule has 20 heavy (non-hydrogen) atoms. The fourth-order valence-electron chi connectivity index (χ4n) is 3.07. The molecule has 0 bridgehead atoms. The first-order chi connectivity index (χ1) is 9.58. The van der Waals surface area contributed by atoms with Crippen LogP contribution < -0.4 is 9.64 Å². The van der Waals surface area contributed by atoms with Crippen molar-refractivity contribution in [3.8, 4) is 5.75 Å². The first-order valence-corrected chi connectivity index (χ1v) is 8.28. The van der Waals surface area contributed by atoms with Crippen molar-refractivity contribution in [3.63, 3.8) is 0 Å². The van der Waals surface area contributed by atoms with E-state index in [2.05, 4.69) is 29.8 Å². The molecule has 4 atom stereocenters. The van der Waals surface area contributed by atoms with E-state index in [9.17, 15) is 5.11 Å². The molecule has 112 valence electrons. The van der Waals surface area contributed by atoms with Crippen LogP contribution in [-0.2, 0) is 0 Å². The average Bonchev–Trinajstić information content (AvgIpc) is 2.42.